The highest BCUT2D eigenvalue weighted by Gasteiger charge is 2.31. The lowest BCUT2D eigenvalue weighted by Gasteiger charge is -2.23. The molecule has 0 amide bonds. The van der Waals surface area contributed by atoms with E-state index in [2.05, 4.69) is 59.0 Å². The van der Waals surface area contributed by atoms with Crippen LogP contribution in [0.5, 0.6) is 0 Å². The van der Waals surface area contributed by atoms with Crippen molar-refractivity contribution in [3.05, 3.63) is 54.1 Å². The van der Waals surface area contributed by atoms with E-state index in [-0.39, 0.29) is 0 Å². The quantitative estimate of drug-likeness (QED) is 0.912. The molecule has 1 aromatic heterocycles. The van der Waals surface area contributed by atoms with E-state index in [4.69, 9.17) is 0 Å². The van der Waals surface area contributed by atoms with Crippen LogP contribution in [-0.2, 0) is 0 Å². The van der Waals surface area contributed by atoms with Crippen molar-refractivity contribution < 1.29 is 0 Å². The monoisotopic (exact) mass is 255 g/mol. The summed E-state index contributed by atoms with van der Waals surface area (Å²) in [7, 11) is 0. The third kappa shape index (κ3) is 2.30. The van der Waals surface area contributed by atoms with E-state index in [9.17, 15) is 0 Å². The summed E-state index contributed by atoms with van der Waals surface area (Å²) in [6, 6.07) is 11.7. The second-order valence-electron chi connectivity index (χ2n) is 5.56. The molecule has 3 heteroatoms. The Labute approximate surface area is 114 Å². The van der Waals surface area contributed by atoms with E-state index < -0.39 is 0 Å². The van der Waals surface area contributed by atoms with Crippen LogP contribution in [0.3, 0.4) is 0 Å². The molecule has 0 saturated carbocycles. The van der Waals surface area contributed by atoms with E-state index in [1.165, 1.54) is 17.7 Å². The zero-order chi connectivity index (χ0) is 13.2. The maximum atomic E-state index is 4.34. The summed E-state index contributed by atoms with van der Waals surface area (Å²) in [5.41, 5.74) is 2.73. The summed E-state index contributed by atoms with van der Waals surface area (Å²) in [4.78, 5) is 4.34. The number of benzene rings is 1. The second-order valence-corrected chi connectivity index (χ2v) is 5.56. The topological polar surface area (TPSA) is 29.9 Å². The summed E-state index contributed by atoms with van der Waals surface area (Å²) in [5, 5.41) is 3.64. The molecule has 1 aromatic carbocycles. The van der Waals surface area contributed by atoms with Gasteiger partial charge in [0.25, 0.3) is 0 Å². The molecule has 0 aliphatic carbocycles. The highest BCUT2D eigenvalue weighted by atomic mass is 15.1. The van der Waals surface area contributed by atoms with E-state index in [0.717, 1.165) is 6.54 Å². The average Bonchev–Trinajstić information content (AvgIpc) is 3.08. The number of nitrogens with one attached hydrogen (secondary N) is 1. The molecule has 1 fully saturated rings. The lowest BCUT2D eigenvalue weighted by molar-refractivity contribution is 0.492. The number of hydrogen-bond donors (Lipinski definition) is 1. The summed E-state index contributed by atoms with van der Waals surface area (Å²) in [5.74, 6) is 0.551. The van der Waals surface area contributed by atoms with Crippen molar-refractivity contribution in [2.45, 2.75) is 38.3 Å². The average molecular weight is 255 g/mol. The predicted octanol–water partition coefficient (Wildman–Crippen LogP) is 3.28. The minimum Gasteiger partial charge on any atom is -0.331 e. The molecule has 1 aliphatic heterocycles. The molecule has 19 heavy (non-hydrogen) atoms. The summed E-state index contributed by atoms with van der Waals surface area (Å²) in [6.07, 6.45) is 5.15. The molecule has 2 atom stereocenters. The second kappa shape index (κ2) is 5.17. The van der Waals surface area contributed by atoms with Crippen LogP contribution in [0.15, 0.2) is 42.9 Å². The fourth-order valence-electron chi connectivity index (χ4n) is 3.06. The first kappa shape index (κ1) is 12.4. The van der Waals surface area contributed by atoms with Gasteiger partial charge in [-0.15, -0.1) is 0 Å². The summed E-state index contributed by atoms with van der Waals surface area (Å²) in [6.45, 7) is 5.49. The van der Waals surface area contributed by atoms with Crippen LogP contribution in [-0.4, -0.2) is 16.1 Å². The lowest BCUT2D eigenvalue weighted by Crippen LogP contribution is -2.21. The molecule has 1 saturated heterocycles. The van der Waals surface area contributed by atoms with Gasteiger partial charge in [0.05, 0.1) is 18.1 Å². The van der Waals surface area contributed by atoms with E-state index >= 15 is 0 Å². The number of rotatable bonds is 3. The normalized spacial score (nSPS) is 23.1. The maximum absolute atomic E-state index is 4.34. The molecule has 100 valence electrons. The first-order valence-electron chi connectivity index (χ1n) is 7.07. The van der Waals surface area contributed by atoms with Crippen molar-refractivity contribution in [1.82, 2.24) is 14.9 Å². The van der Waals surface area contributed by atoms with Crippen molar-refractivity contribution in [3.8, 4) is 0 Å². The van der Waals surface area contributed by atoms with Gasteiger partial charge in [-0.25, -0.2) is 4.98 Å². The maximum Gasteiger partial charge on any atom is 0.0951 e. The molecule has 0 radical (unpaired) electrons. The van der Waals surface area contributed by atoms with Gasteiger partial charge in [0.15, 0.2) is 0 Å². The Morgan fingerprint density at radius 3 is 2.79 bits per heavy atom. The zero-order valence-electron chi connectivity index (χ0n) is 11.6. The lowest BCUT2D eigenvalue weighted by atomic mass is 9.90. The molecule has 0 bridgehead atoms. The van der Waals surface area contributed by atoms with Gasteiger partial charge in [-0.1, -0.05) is 30.3 Å². The molecular formula is C16H21N3. The van der Waals surface area contributed by atoms with E-state index in [0.29, 0.717) is 18.0 Å². The van der Waals surface area contributed by atoms with Crippen molar-refractivity contribution in [2.24, 2.45) is 0 Å². The molecular weight excluding hydrogens is 234 g/mol. The first-order chi connectivity index (χ1) is 9.27. The molecule has 0 spiro atoms. The third-order valence-electron chi connectivity index (χ3n) is 4.02. The van der Waals surface area contributed by atoms with E-state index in [1.807, 2.05) is 12.5 Å². The first-order valence-corrected chi connectivity index (χ1v) is 7.07. The zero-order valence-corrected chi connectivity index (χ0v) is 11.6. The van der Waals surface area contributed by atoms with Crippen LogP contribution in [0.1, 0.15) is 49.5 Å². The van der Waals surface area contributed by atoms with Gasteiger partial charge in [-0.2, -0.15) is 0 Å². The van der Waals surface area contributed by atoms with Gasteiger partial charge < -0.3 is 9.88 Å². The molecule has 1 N–H and O–H groups in total. The van der Waals surface area contributed by atoms with Crippen molar-refractivity contribution >= 4 is 0 Å². The standard InChI is InChI=1S/C16H21N3/c1-12(2)19-11-17-10-15(19)16-14(8-9-18-16)13-6-4-3-5-7-13/h3-7,10-12,14,16,18H,8-9H2,1-2H3. The Bertz CT molecular complexity index is 530. The van der Waals surface area contributed by atoms with Gasteiger partial charge in [0.1, 0.15) is 0 Å². The van der Waals surface area contributed by atoms with Crippen LogP contribution in [0.25, 0.3) is 0 Å². The van der Waals surface area contributed by atoms with Gasteiger partial charge in [0.2, 0.25) is 0 Å². The van der Waals surface area contributed by atoms with Crippen LogP contribution < -0.4 is 5.32 Å². The van der Waals surface area contributed by atoms with Crippen LogP contribution in [0.4, 0.5) is 0 Å². The van der Waals surface area contributed by atoms with Crippen LogP contribution >= 0.6 is 0 Å². The Balaban J connectivity index is 1.93. The Morgan fingerprint density at radius 1 is 1.26 bits per heavy atom. The fourth-order valence-corrected chi connectivity index (χ4v) is 3.06. The molecule has 2 heterocycles. The van der Waals surface area contributed by atoms with Gasteiger partial charge in [0, 0.05) is 18.2 Å². The highest BCUT2D eigenvalue weighted by molar-refractivity contribution is 5.26. The molecule has 2 unspecified atom stereocenters. The fraction of sp³-hybridized carbons (Fsp3) is 0.438. The Morgan fingerprint density at radius 2 is 2.05 bits per heavy atom. The molecule has 2 aromatic rings. The molecule has 3 rings (SSSR count). The van der Waals surface area contributed by atoms with Crippen LogP contribution in [0.2, 0.25) is 0 Å². The Kier molecular flexibility index (Phi) is 3.38. The minimum atomic E-state index is 0.382. The summed E-state index contributed by atoms with van der Waals surface area (Å²) < 4.78 is 2.28. The van der Waals surface area contributed by atoms with E-state index in [1.54, 1.807) is 0 Å². The van der Waals surface area contributed by atoms with Gasteiger partial charge in [-0.05, 0) is 32.4 Å². The SMILES string of the molecule is CC(C)n1cncc1C1NCCC1c1ccccc1. The van der Waals surface area contributed by atoms with Crippen molar-refractivity contribution in [2.75, 3.05) is 6.54 Å². The van der Waals surface area contributed by atoms with Gasteiger partial charge >= 0.3 is 0 Å². The molecule has 1 aliphatic rings. The number of hydrogen-bond acceptors (Lipinski definition) is 2. The van der Waals surface area contributed by atoms with Crippen molar-refractivity contribution in [3.63, 3.8) is 0 Å². The number of imidazole rings is 1. The van der Waals surface area contributed by atoms with Crippen LogP contribution in [0, 0.1) is 0 Å². The third-order valence-corrected chi connectivity index (χ3v) is 4.02. The summed E-state index contributed by atoms with van der Waals surface area (Å²) >= 11 is 0. The Hall–Kier alpha value is -1.61. The predicted molar refractivity (Wildman–Crippen MR) is 77.2 cm³/mol. The smallest absolute Gasteiger partial charge is 0.0951 e. The largest absolute Gasteiger partial charge is 0.331 e. The number of nitrogens with zero attached hydrogens (tertiary/aromatic N) is 2. The molecule has 3 nitrogen and oxygen atoms in total. The highest BCUT2D eigenvalue weighted by Crippen LogP contribution is 2.37. The van der Waals surface area contributed by atoms with Crippen molar-refractivity contribution in [1.29, 1.82) is 0 Å². The number of aromatic nitrogens is 2. The van der Waals surface area contributed by atoms with Gasteiger partial charge in [-0.3, -0.25) is 0 Å². The minimum absolute atomic E-state index is 0.382.